The van der Waals surface area contributed by atoms with Crippen molar-refractivity contribution in [3.8, 4) is 0 Å². The van der Waals surface area contributed by atoms with Crippen LogP contribution in [-0.2, 0) is 11.2 Å². The van der Waals surface area contributed by atoms with Crippen LogP contribution in [0.2, 0.25) is 0 Å². The van der Waals surface area contributed by atoms with Gasteiger partial charge in [-0.3, -0.25) is 9.78 Å². The molecule has 3 heterocycles. The lowest BCUT2D eigenvalue weighted by Gasteiger charge is -2.31. The summed E-state index contributed by atoms with van der Waals surface area (Å²) in [6, 6.07) is 8.09. The summed E-state index contributed by atoms with van der Waals surface area (Å²) in [6.45, 7) is 7.31. The summed E-state index contributed by atoms with van der Waals surface area (Å²) in [4.78, 5) is 24.0. The molecule has 1 saturated heterocycles. The van der Waals surface area contributed by atoms with E-state index >= 15 is 0 Å². The highest BCUT2D eigenvalue weighted by Gasteiger charge is 2.28. The molecule has 0 spiro atoms. The lowest BCUT2D eigenvalue weighted by molar-refractivity contribution is -0.131. The number of fused-ring (bicyclic) bond motifs is 1. The number of benzene rings is 1. The van der Waals surface area contributed by atoms with Gasteiger partial charge in [-0.25, -0.2) is 0 Å². The first-order valence-corrected chi connectivity index (χ1v) is 9.45. The molecule has 1 aromatic carbocycles. The van der Waals surface area contributed by atoms with Crippen LogP contribution < -0.4 is 0 Å². The largest absolute Gasteiger partial charge is 0.342 e. The normalized spacial score (nSPS) is 17.4. The zero-order valence-corrected chi connectivity index (χ0v) is 16.0. The van der Waals surface area contributed by atoms with E-state index in [1.165, 1.54) is 0 Å². The summed E-state index contributed by atoms with van der Waals surface area (Å²) in [5.74, 6) is 1.55. The molecule has 6 heteroatoms. The minimum Gasteiger partial charge on any atom is -0.342 e. The Morgan fingerprint density at radius 2 is 2.04 bits per heavy atom. The van der Waals surface area contributed by atoms with Gasteiger partial charge >= 0.3 is 0 Å². The number of aryl methyl sites for hydroxylation is 3. The van der Waals surface area contributed by atoms with E-state index in [-0.39, 0.29) is 11.8 Å². The van der Waals surface area contributed by atoms with Crippen LogP contribution >= 0.6 is 0 Å². The fourth-order valence-corrected chi connectivity index (χ4v) is 3.98. The van der Waals surface area contributed by atoms with Crippen LogP contribution in [0.1, 0.15) is 47.3 Å². The van der Waals surface area contributed by atoms with Crippen molar-refractivity contribution in [3.63, 3.8) is 0 Å². The summed E-state index contributed by atoms with van der Waals surface area (Å²) in [7, 11) is 0. The highest BCUT2D eigenvalue weighted by molar-refractivity contribution is 5.86. The molecule has 1 amide bonds. The highest BCUT2D eigenvalue weighted by Crippen LogP contribution is 2.27. The van der Waals surface area contributed by atoms with E-state index in [4.69, 9.17) is 9.51 Å². The number of piperidine rings is 1. The van der Waals surface area contributed by atoms with Gasteiger partial charge in [-0.05, 0) is 50.8 Å². The van der Waals surface area contributed by atoms with E-state index in [1.54, 1.807) is 0 Å². The molecule has 0 N–H and O–H groups in total. The smallest absolute Gasteiger partial charge is 0.231 e. The number of rotatable bonds is 3. The molecule has 1 unspecified atom stereocenters. The van der Waals surface area contributed by atoms with E-state index in [0.717, 1.165) is 47.1 Å². The van der Waals surface area contributed by atoms with Gasteiger partial charge in [-0.2, -0.15) is 4.98 Å². The number of amides is 1. The predicted molar refractivity (Wildman–Crippen MR) is 103 cm³/mol. The van der Waals surface area contributed by atoms with Gasteiger partial charge in [0.25, 0.3) is 0 Å². The van der Waals surface area contributed by atoms with Crippen LogP contribution in [-0.4, -0.2) is 39.0 Å². The third-order valence-corrected chi connectivity index (χ3v) is 5.48. The fourth-order valence-electron chi connectivity index (χ4n) is 3.98. The summed E-state index contributed by atoms with van der Waals surface area (Å²) in [6.07, 6.45) is 2.30. The first kappa shape index (κ1) is 17.6. The highest BCUT2D eigenvalue weighted by atomic mass is 16.5. The van der Waals surface area contributed by atoms with Gasteiger partial charge < -0.3 is 9.42 Å². The molecule has 4 rings (SSSR count). The number of hydrogen-bond donors (Lipinski definition) is 0. The van der Waals surface area contributed by atoms with Gasteiger partial charge in [0.05, 0.1) is 17.9 Å². The Kier molecular flexibility index (Phi) is 4.64. The third-order valence-electron chi connectivity index (χ3n) is 5.48. The molecule has 0 bridgehead atoms. The van der Waals surface area contributed by atoms with Gasteiger partial charge in [0.2, 0.25) is 11.8 Å². The Balaban J connectivity index is 1.54. The summed E-state index contributed by atoms with van der Waals surface area (Å²) < 4.78 is 5.33. The fraction of sp³-hybridized carbons (Fsp3) is 0.429. The van der Waals surface area contributed by atoms with Crippen LogP contribution in [0.25, 0.3) is 10.9 Å². The molecule has 1 aliphatic rings. The number of para-hydroxylation sites is 1. The quantitative estimate of drug-likeness (QED) is 0.711. The predicted octanol–water partition coefficient (Wildman–Crippen LogP) is 3.49. The van der Waals surface area contributed by atoms with E-state index in [1.807, 2.05) is 36.9 Å². The Morgan fingerprint density at radius 1 is 1.22 bits per heavy atom. The maximum absolute atomic E-state index is 13.0. The van der Waals surface area contributed by atoms with Crippen molar-refractivity contribution in [2.75, 3.05) is 13.1 Å². The van der Waals surface area contributed by atoms with E-state index in [2.05, 4.69) is 23.1 Å². The van der Waals surface area contributed by atoms with E-state index in [0.29, 0.717) is 24.7 Å². The van der Waals surface area contributed by atoms with Crippen LogP contribution in [0.15, 0.2) is 28.8 Å². The number of hydrogen-bond acceptors (Lipinski definition) is 5. The van der Waals surface area contributed by atoms with Crippen molar-refractivity contribution in [3.05, 3.63) is 52.8 Å². The molecular weight excluding hydrogens is 340 g/mol. The van der Waals surface area contributed by atoms with Crippen molar-refractivity contribution in [1.29, 1.82) is 0 Å². The zero-order valence-electron chi connectivity index (χ0n) is 16.0. The van der Waals surface area contributed by atoms with Gasteiger partial charge in [0.1, 0.15) is 0 Å². The molecular formula is C21H24N4O2. The topological polar surface area (TPSA) is 72.1 Å². The number of carbonyl (C=O) groups is 1. The number of aromatic nitrogens is 3. The SMILES string of the molecule is Cc1noc(C2CCCN(C(=O)Cc3c(C)nc4ccccc4c3C)C2)n1. The van der Waals surface area contributed by atoms with Crippen LogP contribution in [0, 0.1) is 20.8 Å². The first-order valence-electron chi connectivity index (χ1n) is 9.45. The molecule has 2 aromatic heterocycles. The molecule has 1 aliphatic heterocycles. The Morgan fingerprint density at radius 3 is 2.81 bits per heavy atom. The van der Waals surface area contributed by atoms with Crippen molar-refractivity contribution in [2.45, 2.75) is 46.0 Å². The summed E-state index contributed by atoms with van der Waals surface area (Å²) >= 11 is 0. The van der Waals surface area contributed by atoms with Crippen molar-refractivity contribution in [1.82, 2.24) is 20.0 Å². The second kappa shape index (κ2) is 7.10. The van der Waals surface area contributed by atoms with Gasteiger partial charge in [-0.1, -0.05) is 23.4 Å². The molecule has 0 radical (unpaired) electrons. The van der Waals surface area contributed by atoms with Crippen LogP contribution in [0.4, 0.5) is 0 Å². The van der Waals surface area contributed by atoms with E-state index < -0.39 is 0 Å². The minimum absolute atomic E-state index is 0.126. The standard InChI is InChI=1S/C21H24N4O2/c1-13-17-8-4-5-9-19(17)22-14(2)18(13)11-20(26)25-10-6-7-16(12-25)21-23-15(3)24-27-21/h4-5,8-9,16H,6-7,10-12H2,1-3H3. The van der Waals surface area contributed by atoms with Crippen molar-refractivity contribution >= 4 is 16.8 Å². The van der Waals surface area contributed by atoms with E-state index in [9.17, 15) is 4.79 Å². The molecule has 27 heavy (non-hydrogen) atoms. The maximum atomic E-state index is 13.0. The average Bonchev–Trinajstić information content (AvgIpc) is 3.11. The van der Waals surface area contributed by atoms with Gasteiger partial charge in [0, 0.05) is 24.2 Å². The van der Waals surface area contributed by atoms with Crippen molar-refractivity contribution < 1.29 is 9.32 Å². The Hall–Kier alpha value is -2.76. The monoisotopic (exact) mass is 364 g/mol. The third kappa shape index (κ3) is 3.44. The maximum Gasteiger partial charge on any atom is 0.231 e. The molecule has 140 valence electrons. The van der Waals surface area contributed by atoms with Gasteiger partial charge in [-0.15, -0.1) is 0 Å². The number of carbonyl (C=O) groups excluding carboxylic acids is 1. The number of likely N-dealkylation sites (tertiary alicyclic amines) is 1. The Bertz CT molecular complexity index is 995. The zero-order chi connectivity index (χ0) is 19.0. The summed E-state index contributed by atoms with van der Waals surface area (Å²) in [5, 5.41) is 5.00. The molecule has 1 atom stereocenters. The Labute approximate surface area is 158 Å². The van der Waals surface area contributed by atoms with Gasteiger partial charge in [0.15, 0.2) is 5.82 Å². The molecule has 3 aromatic rings. The lowest BCUT2D eigenvalue weighted by Crippen LogP contribution is -2.40. The summed E-state index contributed by atoms with van der Waals surface area (Å²) in [5.41, 5.74) is 4.09. The second-order valence-electron chi connectivity index (χ2n) is 7.35. The number of nitrogens with zero attached hydrogens (tertiary/aromatic N) is 4. The second-order valence-corrected chi connectivity index (χ2v) is 7.35. The lowest BCUT2D eigenvalue weighted by atomic mass is 9.95. The average molecular weight is 364 g/mol. The first-order chi connectivity index (χ1) is 13.0. The van der Waals surface area contributed by atoms with Crippen LogP contribution in [0.3, 0.4) is 0 Å². The molecule has 0 aliphatic carbocycles. The minimum atomic E-state index is 0.126. The van der Waals surface area contributed by atoms with Crippen molar-refractivity contribution in [2.24, 2.45) is 0 Å². The molecule has 1 fully saturated rings. The number of pyridine rings is 1. The molecule has 0 saturated carbocycles. The van der Waals surface area contributed by atoms with Crippen LogP contribution in [0.5, 0.6) is 0 Å². The molecule has 6 nitrogen and oxygen atoms in total.